The van der Waals surface area contributed by atoms with Gasteiger partial charge in [-0.15, -0.1) is 11.6 Å². The molecule has 3 N–H and O–H groups in total. The minimum Gasteiger partial charge on any atom is -0.465 e. The first-order valence-electron chi connectivity index (χ1n) is 11.0. The second kappa shape index (κ2) is 12.0. The summed E-state index contributed by atoms with van der Waals surface area (Å²) < 4.78 is 0. The van der Waals surface area contributed by atoms with Crippen molar-refractivity contribution in [1.29, 1.82) is 0 Å². The zero-order valence-corrected chi connectivity index (χ0v) is 19.7. The second-order valence-electron chi connectivity index (χ2n) is 8.03. The summed E-state index contributed by atoms with van der Waals surface area (Å²) in [5, 5.41) is 16.7. The Morgan fingerprint density at radius 1 is 0.912 bits per heavy atom. The Labute approximate surface area is 203 Å². The molecule has 0 spiro atoms. The topological polar surface area (TPSA) is 98.7 Å². The average molecular weight is 482 g/mol. The van der Waals surface area contributed by atoms with Crippen LogP contribution in [0.15, 0.2) is 72.8 Å². The number of carbonyl (C=O) groups excluding carboxylic acids is 2. The molecule has 178 valence electrons. The van der Waals surface area contributed by atoms with E-state index in [1.807, 2.05) is 72.8 Å². The Morgan fingerprint density at radius 2 is 1.59 bits per heavy atom. The molecule has 34 heavy (non-hydrogen) atoms. The van der Waals surface area contributed by atoms with Crippen LogP contribution in [0.4, 0.5) is 4.79 Å². The standard InChI is InChI=1S/C26H28ClN3O4/c1-28-25(32)23(15-18-7-3-2-4-8-18)30(24(31)16-27)17-22(29-26(33)34)14-19-11-12-20-9-5-6-10-21(20)13-19/h2-13,22-23,29H,14-17H2,1H3,(H,28,32)(H,33,34)/t22-,23-/m1/s1. The van der Waals surface area contributed by atoms with Crippen molar-refractivity contribution in [3.63, 3.8) is 0 Å². The maximum absolute atomic E-state index is 12.9. The monoisotopic (exact) mass is 481 g/mol. The fourth-order valence-corrected chi connectivity index (χ4v) is 4.21. The number of amides is 3. The van der Waals surface area contributed by atoms with Gasteiger partial charge in [0.2, 0.25) is 11.8 Å². The number of likely N-dealkylation sites (N-methyl/N-ethyl adjacent to an activating group) is 1. The van der Waals surface area contributed by atoms with Crippen LogP contribution in [0, 0.1) is 0 Å². The van der Waals surface area contributed by atoms with Crippen molar-refractivity contribution in [3.05, 3.63) is 83.9 Å². The van der Waals surface area contributed by atoms with Crippen molar-refractivity contribution >= 4 is 40.3 Å². The molecule has 0 radical (unpaired) electrons. The molecule has 0 unspecified atom stereocenters. The highest BCUT2D eigenvalue weighted by molar-refractivity contribution is 6.27. The number of nitrogens with one attached hydrogen (secondary N) is 2. The third-order valence-electron chi connectivity index (χ3n) is 5.67. The van der Waals surface area contributed by atoms with Crippen molar-refractivity contribution in [1.82, 2.24) is 15.5 Å². The smallest absolute Gasteiger partial charge is 0.404 e. The van der Waals surface area contributed by atoms with E-state index in [1.165, 1.54) is 11.9 Å². The first-order chi connectivity index (χ1) is 16.4. The molecular formula is C26H28ClN3O4. The van der Waals surface area contributed by atoms with Crippen molar-refractivity contribution in [2.24, 2.45) is 0 Å². The Morgan fingerprint density at radius 3 is 2.24 bits per heavy atom. The molecule has 3 aromatic carbocycles. The lowest BCUT2D eigenvalue weighted by Crippen LogP contribution is -2.55. The summed E-state index contributed by atoms with van der Waals surface area (Å²) in [4.78, 5) is 38.6. The molecule has 8 heteroatoms. The minimum atomic E-state index is -1.20. The maximum Gasteiger partial charge on any atom is 0.404 e. The zero-order valence-electron chi connectivity index (χ0n) is 18.9. The van der Waals surface area contributed by atoms with E-state index in [9.17, 15) is 19.5 Å². The molecular weight excluding hydrogens is 454 g/mol. The van der Waals surface area contributed by atoms with Gasteiger partial charge in [0.15, 0.2) is 0 Å². The molecule has 7 nitrogen and oxygen atoms in total. The summed E-state index contributed by atoms with van der Waals surface area (Å²) in [6, 6.07) is 21.7. The maximum atomic E-state index is 12.9. The van der Waals surface area contributed by atoms with Crippen LogP contribution in [0.1, 0.15) is 11.1 Å². The van der Waals surface area contributed by atoms with Gasteiger partial charge in [0.1, 0.15) is 11.9 Å². The summed E-state index contributed by atoms with van der Waals surface area (Å²) in [5.41, 5.74) is 1.79. The molecule has 3 aromatic rings. The van der Waals surface area contributed by atoms with Gasteiger partial charge in [-0.25, -0.2) is 4.79 Å². The molecule has 0 bridgehead atoms. The number of rotatable bonds is 10. The summed E-state index contributed by atoms with van der Waals surface area (Å²) in [6.07, 6.45) is -0.586. The third kappa shape index (κ3) is 6.71. The largest absolute Gasteiger partial charge is 0.465 e. The Hall–Kier alpha value is -3.58. The summed E-state index contributed by atoms with van der Waals surface area (Å²) in [6.45, 7) is -0.00436. The first kappa shape index (κ1) is 25.1. The van der Waals surface area contributed by atoms with Crippen LogP contribution >= 0.6 is 11.6 Å². The molecule has 0 fully saturated rings. The summed E-state index contributed by atoms with van der Waals surface area (Å²) in [7, 11) is 1.51. The third-order valence-corrected chi connectivity index (χ3v) is 5.90. The van der Waals surface area contributed by atoms with E-state index in [0.717, 1.165) is 21.9 Å². The van der Waals surface area contributed by atoms with Crippen LogP contribution in [0.3, 0.4) is 0 Å². The van der Waals surface area contributed by atoms with E-state index >= 15 is 0 Å². The highest BCUT2D eigenvalue weighted by Gasteiger charge is 2.31. The number of nitrogens with zero attached hydrogens (tertiary/aromatic N) is 1. The highest BCUT2D eigenvalue weighted by Crippen LogP contribution is 2.18. The van der Waals surface area contributed by atoms with E-state index in [0.29, 0.717) is 6.42 Å². The van der Waals surface area contributed by atoms with Crippen LogP contribution in [-0.4, -0.2) is 59.5 Å². The Kier molecular flexibility index (Phi) is 8.87. The Balaban J connectivity index is 1.89. The van der Waals surface area contributed by atoms with Crippen LogP contribution < -0.4 is 10.6 Å². The van der Waals surface area contributed by atoms with Gasteiger partial charge in [-0.2, -0.15) is 0 Å². The van der Waals surface area contributed by atoms with E-state index in [1.54, 1.807) is 0 Å². The second-order valence-corrected chi connectivity index (χ2v) is 8.30. The average Bonchev–Trinajstić information content (AvgIpc) is 2.85. The normalized spacial score (nSPS) is 12.5. The van der Waals surface area contributed by atoms with Crippen LogP contribution in [-0.2, 0) is 22.4 Å². The van der Waals surface area contributed by atoms with E-state index in [2.05, 4.69) is 10.6 Å². The number of fused-ring (bicyclic) bond motifs is 1. The molecule has 0 aromatic heterocycles. The number of hydrogen-bond acceptors (Lipinski definition) is 3. The lowest BCUT2D eigenvalue weighted by atomic mass is 9.99. The number of benzene rings is 3. The molecule has 2 atom stereocenters. The van der Waals surface area contributed by atoms with Crippen molar-refractivity contribution < 1.29 is 19.5 Å². The lowest BCUT2D eigenvalue weighted by molar-refractivity contribution is -0.138. The van der Waals surface area contributed by atoms with Crippen LogP contribution in [0.2, 0.25) is 0 Å². The molecule has 3 rings (SSSR count). The fourth-order valence-electron chi connectivity index (χ4n) is 4.05. The van der Waals surface area contributed by atoms with Crippen LogP contribution in [0.25, 0.3) is 10.8 Å². The molecule has 0 saturated heterocycles. The highest BCUT2D eigenvalue weighted by atomic mass is 35.5. The van der Waals surface area contributed by atoms with Gasteiger partial charge in [0.05, 0.1) is 6.04 Å². The number of hydrogen-bond donors (Lipinski definition) is 3. The first-order valence-corrected chi connectivity index (χ1v) is 11.5. The quantitative estimate of drug-likeness (QED) is 0.386. The number of carbonyl (C=O) groups is 3. The number of halogens is 1. The lowest BCUT2D eigenvalue weighted by Gasteiger charge is -2.33. The van der Waals surface area contributed by atoms with E-state index in [-0.39, 0.29) is 24.8 Å². The van der Waals surface area contributed by atoms with Gasteiger partial charge in [-0.3, -0.25) is 9.59 Å². The van der Waals surface area contributed by atoms with Gasteiger partial charge < -0.3 is 20.6 Å². The molecule has 0 heterocycles. The van der Waals surface area contributed by atoms with Gasteiger partial charge in [-0.05, 0) is 28.3 Å². The molecule has 0 saturated carbocycles. The summed E-state index contributed by atoms with van der Waals surface area (Å²) >= 11 is 5.90. The van der Waals surface area contributed by atoms with Gasteiger partial charge >= 0.3 is 6.09 Å². The van der Waals surface area contributed by atoms with Gasteiger partial charge in [0.25, 0.3) is 0 Å². The van der Waals surface area contributed by atoms with Crippen molar-refractivity contribution in [2.45, 2.75) is 24.9 Å². The van der Waals surface area contributed by atoms with Crippen molar-refractivity contribution in [2.75, 3.05) is 19.5 Å². The molecule has 3 amide bonds. The molecule has 0 aliphatic carbocycles. The summed E-state index contributed by atoms with van der Waals surface area (Å²) in [5.74, 6) is -1.11. The molecule has 0 aliphatic heterocycles. The van der Waals surface area contributed by atoms with Gasteiger partial charge in [0, 0.05) is 20.0 Å². The van der Waals surface area contributed by atoms with Gasteiger partial charge in [-0.1, -0.05) is 72.8 Å². The SMILES string of the molecule is CNC(=O)[C@@H](Cc1ccccc1)N(C[C@@H](Cc1ccc2ccccc2c1)NC(=O)O)C(=O)CCl. The number of alkyl halides is 1. The Bertz CT molecular complexity index is 1140. The fraction of sp³-hybridized carbons (Fsp3) is 0.269. The minimum absolute atomic E-state index is 0.00436. The van der Waals surface area contributed by atoms with E-state index in [4.69, 9.17) is 11.6 Å². The number of carboxylic acid groups (broad SMARTS) is 1. The van der Waals surface area contributed by atoms with Crippen molar-refractivity contribution in [3.8, 4) is 0 Å². The predicted molar refractivity (Wildman–Crippen MR) is 133 cm³/mol. The van der Waals surface area contributed by atoms with E-state index < -0.39 is 24.1 Å². The zero-order chi connectivity index (χ0) is 24.5. The predicted octanol–water partition coefficient (Wildman–Crippen LogP) is 3.44. The molecule has 0 aliphatic rings. The van der Waals surface area contributed by atoms with Crippen LogP contribution in [0.5, 0.6) is 0 Å².